The van der Waals surface area contributed by atoms with Crippen molar-refractivity contribution in [1.82, 2.24) is 0 Å². The summed E-state index contributed by atoms with van der Waals surface area (Å²) in [5, 5.41) is 14.8. The van der Waals surface area contributed by atoms with E-state index in [0.29, 0.717) is 47.4 Å². The molecule has 0 saturated heterocycles. The van der Waals surface area contributed by atoms with Crippen molar-refractivity contribution in [2.75, 3.05) is 5.32 Å². The highest BCUT2D eigenvalue weighted by atomic mass is 16.5. The van der Waals surface area contributed by atoms with Gasteiger partial charge in [0.25, 0.3) is 5.91 Å². The maximum atomic E-state index is 13.6. The Morgan fingerprint density at radius 2 is 1.62 bits per heavy atom. The quantitative estimate of drug-likeness (QED) is 0.473. The predicted octanol–water partition coefficient (Wildman–Crippen LogP) is 5.89. The fourth-order valence-electron chi connectivity index (χ4n) is 10.0. The lowest BCUT2D eigenvalue weighted by molar-refractivity contribution is -0.172. The number of benzene rings is 2. The molecular formula is C34H39NO5. The van der Waals surface area contributed by atoms with Gasteiger partial charge in [0.1, 0.15) is 11.9 Å². The van der Waals surface area contributed by atoms with Gasteiger partial charge >= 0.3 is 5.97 Å². The molecule has 2 aromatic carbocycles. The number of ether oxygens (including phenoxy) is 1. The molecule has 1 aliphatic heterocycles. The van der Waals surface area contributed by atoms with Crippen LogP contribution in [0.2, 0.25) is 0 Å². The lowest BCUT2D eigenvalue weighted by Crippen LogP contribution is -2.58. The molecule has 4 aliphatic carbocycles. The number of esters is 1. The number of hydrogen-bond acceptors (Lipinski definition) is 5. The Bertz CT molecular complexity index is 1370. The maximum Gasteiger partial charge on any atom is 0.338 e. The first-order valence-corrected chi connectivity index (χ1v) is 15.1. The fraction of sp³-hybridized carbons (Fsp3) is 0.559. The van der Waals surface area contributed by atoms with Crippen LogP contribution >= 0.6 is 0 Å². The fourth-order valence-corrected chi connectivity index (χ4v) is 10.0. The molecule has 7 rings (SSSR count). The number of hydrogen-bond donors (Lipinski definition) is 2. The van der Waals surface area contributed by atoms with Crippen molar-refractivity contribution < 1.29 is 24.2 Å². The Hall–Kier alpha value is -2.99. The van der Waals surface area contributed by atoms with Crippen molar-refractivity contribution in [3.8, 4) is 0 Å². The smallest absolute Gasteiger partial charge is 0.338 e. The second-order valence-electron chi connectivity index (χ2n) is 13.7. The summed E-state index contributed by atoms with van der Waals surface area (Å²) in [6.07, 6.45) is 6.92. The van der Waals surface area contributed by atoms with E-state index >= 15 is 0 Å². The summed E-state index contributed by atoms with van der Waals surface area (Å²) in [6, 6.07) is 16.5. The average molecular weight is 542 g/mol. The van der Waals surface area contributed by atoms with Gasteiger partial charge < -0.3 is 15.2 Å². The molecule has 0 radical (unpaired) electrons. The van der Waals surface area contributed by atoms with E-state index in [2.05, 4.69) is 19.2 Å². The molecule has 1 heterocycles. The van der Waals surface area contributed by atoms with Gasteiger partial charge in [-0.25, -0.2) is 4.79 Å². The van der Waals surface area contributed by atoms with Gasteiger partial charge in [0.2, 0.25) is 0 Å². The molecule has 0 aromatic heterocycles. The van der Waals surface area contributed by atoms with E-state index in [1.807, 2.05) is 42.5 Å². The zero-order valence-corrected chi connectivity index (χ0v) is 23.4. The van der Waals surface area contributed by atoms with E-state index in [4.69, 9.17) is 4.74 Å². The lowest BCUT2D eigenvalue weighted by atomic mass is 9.43. The Labute approximate surface area is 235 Å². The third-order valence-corrected chi connectivity index (χ3v) is 12.2. The normalized spacial score (nSPS) is 41.8. The molecule has 6 nitrogen and oxygen atoms in total. The van der Waals surface area contributed by atoms with Crippen molar-refractivity contribution >= 4 is 23.3 Å². The minimum atomic E-state index is -1.82. The van der Waals surface area contributed by atoms with Crippen LogP contribution in [0, 0.1) is 40.4 Å². The van der Waals surface area contributed by atoms with E-state index in [1.54, 1.807) is 12.1 Å². The number of ketones is 1. The number of carbonyl (C=O) groups is 3. The molecule has 2 aromatic rings. The van der Waals surface area contributed by atoms with Crippen molar-refractivity contribution in [2.45, 2.75) is 76.9 Å². The highest BCUT2D eigenvalue weighted by molar-refractivity contribution is 6.08. The number of rotatable bonds is 3. The van der Waals surface area contributed by atoms with Gasteiger partial charge in [-0.2, -0.15) is 0 Å². The monoisotopic (exact) mass is 541 g/mol. The molecule has 5 aliphatic rings. The van der Waals surface area contributed by atoms with Gasteiger partial charge in [0, 0.05) is 23.1 Å². The van der Waals surface area contributed by atoms with E-state index in [1.165, 1.54) is 0 Å². The number of aliphatic hydroxyl groups is 1. The number of carbonyl (C=O) groups excluding carboxylic acids is 3. The van der Waals surface area contributed by atoms with E-state index in [0.717, 1.165) is 38.5 Å². The molecule has 4 saturated carbocycles. The van der Waals surface area contributed by atoms with Gasteiger partial charge in [-0.15, -0.1) is 0 Å². The Kier molecular flexibility index (Phi) is 5.84. The number of amides is 1. The van der Waals surface area contributed by atoms with Crippen LogP contribution in [0.3, 0.4) is 0 Å². The summed E-state index contributed by atoms with van der Waals surface area (Å²) >= 11 is 0. The third kappa shape index (κ3) is 3.54. The van der Waals surface area contributed by atoms with Crippen molar-refractivity contribution in [1.29, 1.82) is 0 Å². The first-order chi connectivity index (χ1) is 19.2. The maximum absolute atomic E-state index is 13.6. The Morgan fingerprint density at radius 1 is 0.900 bits per heavy atom. The van der Waals surface area contributed by atoms with Crippen LogP contribution in [0.15, 0.2) is 54.6 Å². The molecule has 4 fully saturated rings. The topological polar surface area (TPSA) is 92.7 Å². The SMILES string of the molecule is C[C@]12CC(C3(O)C(=O)Nc4ccccc43)C(=O)C[C@@H]1CC[C@@H]1[C@@H]2CC[C@]2(C)[C@@H](OC(=O)c3ccccc3)CC[C@@H]12. The minimum Gasteiger partial charge on any atom is -0.458 e. The van der Waals surface area contributed by atoms with Crippen LogP contribution in [0.25, 0.3) is 0 Å². The standard InChI is InChI=1S/C34H39NO5/c1-32-17-16-24-22(23(32)14-15-29(32)40-30(37)20-8-4-3-5-9-20)13-12-21-18-28(36)26(19-33(21,24)2)34(39)25-10-6-7-11-27(25)35-31(34)38/h3-11,21-24,26,29,39H,12-19H2,1-2H3,(H,35,38)/t21-,22-,23-,24-,26?,29-,32-,33-,34?/m0/s1. The summed E-state index contributed by atoms with van der Waals surface area (Å²) in [5.74, 6) is 0.224. The number of nitrogens with one attached hydrogen (secondary N) is 1. The summed E-state index contributed by atoms with van der Waals surface area (Å²) < 4.78 is 6.18. The van der Waals surface area contributed by atoms with Gasteiger partial charge in [0.15, 0.2) is 5.60 Å². The van der Waals surface area contributed by atoms with Crippen molar-refractivity contribution in [3.05, 3.63) is 65.7 Å². The third-order valence-electron chi connectivity index (χ3n) is 12.2. The summed E-state index contributed by atoms with van der Waals surface area (Å²) in [5.41, 5.74) is -0.266. The van der Waals surface area contributed by atoms with Crippen LogP contribution in [0.1, 0.15) is 81.1 Å². The number of fused-ring (bicyclic) bond motifs is 6. The lowest BCUT2D eigenvalue weighted by Gasteiger charge is -2.61. The molecule has 0 spiro atoms. The Morgan fingerprint density at radius 3 is 2.42 bits per heavy atom. The highest BCUT2D eigenvalue weighted by Crippen LogP contribution is 2.67. The molecule has 6 heteroatoms. The van der Waals surface area contributed by atoms with Crippen LogP contribution in [-0.4, -0.2) is 28.9 Å². The molecule has 9 atom stereocenters. The Balaban J connectivity index is 1.15. The average Bonchev–Trinajstić information content (AvgIpc) is 3.42. The molecule has 2 N–H and O–H groups in total. The minimum absolute atomic E-state index is 0.0182. The predicted molar refractivity (Wildman–Crippen MR) is 150 cm³/mol. The number of Topliss-reactive ketones (excluding diaryl/α,β-unsaturated/α-hetero) is 1. The summed E-state index contributed by atoms with van der Waals surface area (Å²) in [7, 11) is 0. The van der Waals surface area contributed by atoms with Gasteiger partial charge in [-0.1, -0.05) is 50.2 Å². The second kappa shape index (κ2) is 9.01. The first kappa shape index (κ1) is 25.9. The zero-order valence-electron chi connectivity index (χ0n) is 23.4. The van der Waals surface area contributed by atoms with Crippen LogP contribution in [0.5, 0.6) is 0 Å². The number of para-hydroxylation sites is 1. The second-order valence-corrected chi connectivity index (χ2v) is 13.7. The molecule has 210 valence electrons. The van der Waals surface area contributed by atoms with Crippen molar-refractivity contribution in [2.24, 2.45) is 40.4 Å². The number of anilines is 1. The van der Waals surface area contributed by atoms with Crippen LogP contribution in [0.4, 0.5) is 5.69 Å². The van der Waals surface area contributed by atoms with E-state index in [-0.39, 0.29) is 34.6 Å². The van der Waals surface area contributed by atoms with Gasteiger partial charge in [-0.3, -0.25) is 9.59 Å². The van der Waals surface area contributed by atoms with Gasteiger partial charge in [-0.05, 0) is 92.2 Å². The summed E-state index contributed by atoms with van der Waals surface area (Å²) in [6.45, 7) is 4.66. The van der Waals surface area contributed by atoms with E-state index < -0.39 is 17.4 Å². The van der Waals surface area contributed by atoms with Crippen molar-refractivity contribution in [3.63, 3.8) is 0 Å². The molecule has 0 bridgehead atoms. The van der Waals surface area contributed by atoms with E-state index in [9.17, 15) is 19.5 Å². The highest BCUT2D eigenvalue weighted by Gasteiger charge is 2.65. The zero-order chi connectivity index (χ0) is 27.9. The molecule has 1 amide bonds. The van der Waals surface area contributed by atoms with Gasteiger partial charge in [0.05, 0.1) is 11.5 Å². The summed E-state index contributed by atoms with van der Waals surface area (Å²) in [4.78, 5) is 39.8. The van der Waals surface area contributed by atoms with Crippen LogP contribution < -0.4 is 5.32 Å². The van der Waals surface area contributed by atoms with Crippen LogP contribution in [-0.2, 0) is 19.9 Å². The molecular weight excluding hydrogens is 502 g/mol. The largest absolute Gasteiger partial charge is 0.458 e. The molecule has 40 heavy (non-hydrogen) atoms. The first-order valence-electron chi connectivity index (χ1n) is 15.1. The molecule has 2 unspecified atom stereocenters.